The molecule has 0 fully saturated rings. The Hall–Kier alpha value is -0.930. The highest BCUT2D eigenvalue weighted by Gasteiger charge is 2.09. The lowest BCUT2D eigenvalue weighted by molar-refractivity contribution is 0.349. The molecule has 1 aromatic heterocycles. The molecule has 0 bridgehead atoms. The van der Waals surface area contributed by atoms with Crippen LogP contribution in [0.2, 0.25) is 10.0 Å². The monoisotopic (exact) mass is 260 g/mol. The summed E-state index contributed by atoms with van der Waals surface area (Å²) in [5.41, 5.74) is 0. The number of hydrogen-bond donors (Lipinski definition) is 1. The number of aromatic nitrogens is 1. The maximum absolute atomic E-state index is 5.99. The number of ether oxygens (including phenoxy) is 1. The van der Waals surface area contributed by atoms with E-state index in [4.69, 9.17) is 27.9 Å². The minimum Gasteiger partial charge on any atom is -0.472 e. The number of hydrogen-bond acceptors (Lipinski definition) is 3. The fourth-order valence-electron chi connectivity index (χ4n) is 1.06. The van der Waals surface area contributed by atoms with Gasteiger partial charge >= 0.3 is 0 Å². The highest BCUT2D eigenvalue weighted by atomic mass is 35.5. The van der Waals surface area contributed by atoms with Gasteiger partial charge in [0.25, 0.3) is 0 Å². The maximum Gasteiger partial charge on any atom is 0.234 e. The van der Waals surface area contributed by atoms with E-state index in [-0.39, 0.29) is 0 Å². The molecular formula is C11H14Cl2N2O. The van der Waals surface area contributed by atoms with E-state index in [1.165, 1.54) is 0 Å². The number of nitrogens with zero attached hydrogens (tertiary/aromatic N) is 1. The summed E-state index contributed by atoms with van der Waals surface area (Å²) in [6.07, 6.45) is 2.62. The van der Waals surface area contributed by atoms with Gasteiger partial charge in [-0.1, -0.05) is 42.8 Å². The third-order valence-electron chi connectivity index (χ3n) is 1.78. The van der Waals surface area contributed by atoms with Gasteiger partial charge in [0, 0.05) is 6.54 Å². The van der Waals surface area contributed by atoms with Gasteiger partial charge in [0.05, 0.1) is 5.02 Å². The van der Waals surface area contributed by atoms with Crippen molar-refractivity contribution in [3.05, 3.63) is 28.8 Å². The summed E-state index contributed by atoms with van der Waals surface area (Å²) >= 11 is 11.9. The first-order valence-corrected chi connectivity index (χ1v) is 5.78. The fourth-order valence-corrected chi connectivity index (χ4v) is 1.54. The van der Waals surface area contributed by atoms with Crippen molar-refractivity contribution in [1.29, 1.82) is 0 Å². The van der Waals surface area contributed by atoms with E-state index in [1.807, 2.05) is 0 Å². The van der Waals surface area contributed by atoms with Crippen molar-refractivity contribution in [2.75, 3.05) is 18.5 Å². The Morgan fingerprint density at radius 2 is 2.25 bits per heavy atom. The van der Waals surface area contributed by atoms with Crippen LogP contribution in [0, 0.1) is 0 Å². The molecule has 1 heterocycles. The number of pyridine rings is 1. The molecule has 3 nitrogen and oxygen atoms in total. The van der Waals surface area contributed by atoms with Crippen LogP contribution < -0.4 is 10.1 Å². The highest BCUT2D eigenvalue weighted by molar-refractivity contribution is 6.36. The number of halogens is 2. The maximum atomic E-state index is 5.99. The van der Waals surface area contributed by atoms with Crippen LogP contribution in [-0.4, -0.2) is 18.1 Å². The lowest BCUT2D eigenvalue weighted by Crippen LogP contribution is -2.05. The van der Waals surface area contributed by atoms with Gasteiger partial charge in [0.2, 0.25) is 5.88 Å². The molecule has 0 aromatic carbocycles. The quantitative estimate of drug-likeness (QED) is 0.791. The first kappa shape index (κ1) is 13.1. The van der Waals surface area contributed by atoms with Gasteiger partial charge in [-0.3, -0.25) is 0 Å². The standard InChI is InChI=1S/C11H14Cl2N2O/c1-3-5-14-10-8(12)7-9(13)11(15-10)16-6-4-2/h4,7H,2-3,5-6H2,1H3,(H,14,15). The summed E-state index contributed by atoms with van der Waals surface area (Å²) in [6, 6.07) is 1.62. The zero-order valence-electron chi connectivity index (χ0n) is 9.09. The minimum absolute atomic E-state index is 0.363. The molecule has 0 aliphatic rings. The van der Waals surface area contributed by atoms with E-state index in [1.54, 1.807) is 12.1 Å². The molecule has 1 rings (SSSR count). The van der Waals surface area contributed by atoms with E-state index in [0.29, 0.717) is 28.3 Å². The SMILES string of the molecule is C=CCOc1nc(NCCC)c(Cl)cc1Cl. The van der Waals surface area contributed by atoms with Crippen LogP contribution in [0.4, 0.5) is 5.82 Å². The van der Waals surface area contributed by atoms with Crippen molar-refractivity contribution < 1.29 is 4.74 Å². The van der Waals surface area contributed by atoms with Gasteiger partial charge in [0.15, 0.2) is 0 Å². The van der Waals surface area contributed by atoms with Crippen LogP contribution in [0.3, 0.4) is 0 Å². The predicted molar refractivity (Wildman–Crippen MR) is 68.7 cm³/mol. The fraction of sp³-hybridized carbons (Fsp3) is 0.364. The van der Waals surface area contributed by atoms with E-state index in [2.05, 4.69) is 23.8 Å². The second-order valence-corrected chi connectivity index (χ2v) is 3.95. The topological polar surface area (TPSA) is 34.1 Å². The predicted octanol–water partition coefficient (Wildman–Crippen LogP) is 3.78. The zero-order valence-corrected chi connectivity index (χ0v) is 10.6. The van der Waals surface area contributed by atoms with Crippen LogP contribution >= 0.6 is 23.2 Å². The van der Waals surface area contributed by atoms with E-state index >= 15 is 0 Å². The summed E-state index contributed by atoms with van der Waals surface area (Å²) in [6.45, 7) is 6.78. The third-order valence-corrected chi connectivity index (χ3v) is 2.34. The zero-order chi connectivity index (χ0) is 12.0. The Bertz CT molecular complexity index is 369. The average molecular weight is 261 g/mol. The van der Waals surface area contributed by atoms with Crippen molar-refractivity contribution in [2.24, 2.45) is 0 Å². The Morgan fingerprint density at radius 1 is 1.50 bits per heavy atom. The summed E-state index contributed by atoms with van der Waals surface area (Å²) in [7, 11) is 0. The molecule has 16 heavy (non-hydrogen) atoms. The summed E-state index contributed by atoms with van der Waals surface area (Å²) in [5, 5.41) is 3.99. The summed E-state index contributed by atoms with van der Waals surface area (Å²) in [4.78, 5) is 4.20. The average Bonchev–Trinajstić information content (AvgIpc) is 2.26. The molecule has 0 aliphatic carbocycles. The van der Waals surface area contributed by atoms with Gasteiger partial charge in [-0.25, -0.2) is 0 Å². The van der Waals surface area contributed by atoms with Crippen molar-refractivity contribution in [3.63, 3.8) is 0 Å². The molecule has 5 heteroatoms. The van der Waals surface area contributed by atoms with E-state index in [9.17, 15) is 0 Å². The van der Waals surface area contributed by atoms with Crippen molar-refractivity contribution in [2.45, 2.75) is 13.3 Å². The molecule has 0 atom stereocenters. The molecule has 1 N–H and O–H groups in total. The van der Waals surface area contributed by atoms with Gasteiger partial charge < -0.3 is 10.1 Å². The Morgan fingerprint density at radius 3 is 2.88 bits per heavy atom. The molecular weight excluding hydrogens is 247 g/mol. The first-order valence-electron chi connectivity index (χ1n) is 5.02. The number of rotatable bonds is 6. The van der Waals surface area contributed by atoms with Gasteiger partial charge in [0.1, 0.15) is 17.4 Å². The molecule has 0 spiro atoms. The third kappa shape index (κ3) is 3.58. The second kappa shape index (κ2) is 6.61. The van der Waals surface area contributed by atoms with Crippen LogP contribution in [-0.2, 0) is 0 Å². The van der Waals surface area contributed by atoms with Gasteiger partial charge in [-0.15, -0.1) is 0 Å². The van der Waals surface area contributed by atoms with Gasteiger partial charge in [-0.05, 0) is 12.5 Å². The van der Waals surface area contributed by atoms with Crippen molar-refractivity contribution in [3.8, 4) is 5.88 Å². The minimum atomic E-state index is 0.363. The van der Waals surface area contributed by atoms with Crippen LogP contribution in [0.5, 0.6) is 5.88 Å². The van der Waals surface area contributed by atoms with Crippen molar-refractivity contribution >= 4 is 29.0 Å². The van der Waals surface area contributed by atoms with E-state index < -0.39 is 0 Å². The van der Waals surface area contributed by atoms with Gasteiger partial charge in [-0.2, -0.15) is 4.98 Å². The largest absolute Gasteiger partial charge is 0.472 e. The Kier molecular flexibility index (Phi) is 5.43. The number of nitrogens with one attached hydrogen (secondary N) is 1. The smallest absolute Gasteiger partial charge is 0.234 e. The van der Waals surface area contributed by atoms with Crippen LogP contribution in [0.1, 0.15) is 13.3 Å². The molecule has 0 aliphatic heterocycles. The molecule has 0 unspecified atom stereocenters. The summed E-state index contributed by atoms with van der Waals surface area (Å²) < 4.78 is 5.30. The second-order valence-electron chi connectivity index (χ2n) is 3.13. The van der Waals surface area contributed by atoms with Crippen LogP contribution in [0.25, 0.3) is 0 Å². The molecule has 0 saturated carbocycles. The molecule has 0 amide bonds. The normalized spacial score (nSPS) is 9.94. The number of anilines is 1. The molecule has 88 valence electrons. The highest BCUT2D eigenvalue weighted by Crippen LogP contribution is 2.30. The lowest BCUT2D eigenvalue weighted by Gasteiger charge is -2.10. The van der Waals surface area contributed by atoms with Crippen molar-refractivity contribution in [1.82, 2.24) is 4.98 Å². The molecule has 0 radical (unpaired) electrons. The lowest BCUT2D eigenvalue weighted by atomic mass is 10.4. The van der Waals surface area contributed by atoms with E-state index in [0.717, 1.165) is 13.0 Å². The van der Waals surface area contributed by atoms with Crippen LogP contribution in [0.15, 0.2) is 18.7 Å². The Balaban J connectivity index is 2.87. The summed E-state index contributed by atoms with van der Waals surface area (Å²) in [5.74, 6) is 0.955. The molecule has 0 saturated heterocycles. The molecule has 1 aromatic rings. The Labute approximate surface area is 105 Å². The first-order chi connectivity index (χ1) is 7.69.